The van der Waals surface area contributed by atoms with Crippen molar-refractivity contribution in [3.05, 3.63) is 5.82 Å². The lowest BCUT2D eigenvalue weighted by Crippen LogP contribution is -2.28. The third-order valence-corrected chi connectivity index (χ3v) is 2.31. The summed E-state index contributed by atoms with van der Waals surface area (Å²) in [6, 6.07) is 0.349. The Kier molecular flexibility index (Phi) is 4.48. The van der Waals surface area contributed by atoms with Crippen LogP contribution in [-0.2, 0) is 6.18 Å². The van der Waals surface area contributed by atoms with Gasteiger partial charge in [0.25, 0.3) is 0 Å². The van der Waals surface area contributed by atoms with E-state index < -0.39 is 12.0 Å². The summed E-state index contributed by atoms with van der Waals surface area (Å²) >= 11 is 0.715. The molecule has 8 heteroatoms. The van der Waals surface area contributed by atoms with E-state index >= 15 is 0 Å². The first-order chi connectivity index (χ1) is 7.39. The summed E-state index contributed by atoms with van der Waals surface area (Å²) in [7, 11) is 0. The van der Waals surface area contributed by atoms with Crippen LogP contribution in [0.25, 0.3) is 0 Å². The summed E-state index contributed by atoms with van der Waals surface area (Å²) in [5.41, 5.74) is 0. The molecule has 0 fully saturated rings. The molecule has 4 nitrogen and oxygen atoms in total. The maximum Gasteiger partial charge on any atom is 0.452 e. The van der Waals surface area contributed by atoms with E-state index in [0.717, 1.165) is 0 Å². The highest BCUT2D eigenvalue weighted by molar-refractivity contribution is 7.09. The van der Waals surface area contributed by atoms with Crippen molar-refractivity contribution >= 4 is 16.7 Å². The average molecular weight is 254 g/mol. The van der Waals surface area contributed by atoms with E-state index in [2.05, 4.69) is 20.0 Å². The molecule has 0 aromatic carbocycles. The third-order valence-electron chi connectivity index (χ3n) is 1.63. The number of anilines is 1. The summed E-state index contributed by atoms with van der Waals surface area (Å²) in [6.45, 7) is 5.17. The van der Waals surface area contributed by atoms with E-state index in [1.54, 1.807) is 0 Å². The molecule has 0 aliphatic rings. The van der Waals surface area contributed by atoms with Gasteiger partial charge in [-0.15, -0.1) is 0 Å². The van der Waals surface area contributed by atoms with Gasteiger partial charge < -0.3 is 10.6 Å². The SMILES string of the molecule is CC(C)NCCNc1nc(C(F)(F)F)ns1. The molecular formula is C8H13F3N4S. The number of nitrogens with one attached hydrogen (secondary N) is 2. The molecule has 0 radical (unpaired) electrons. The van der Waals surface area contributed by atoms with E-state index in [0.29, 0.717) is 30.7 Å². The number of nitrogens with zero attached hydrogens (tertiary/aromatic N) is 2. The van der Waals surface area contributed by atoms with E-state index in [1.807, 2.05) is 13.8 Å². The molecule has 0 amide bonds. The lowest BCUT2D eigenvalue weighted by atomic mass is 10.4. The molecule has 1 aromatic rings. The number of aromatic nitrogens is 2. The Morgan fingerprint density at radius 3 is 2.50 bits per heavy atom. The Bertz CT molecular complexity index is 323. The second kappa shape index (κ2) is 5.44. The van der Waals surface area contributed by atoms with E-state index in [4.69, 9.17) is 0 Å². The van der Waals surface area contributed by atoms with Gasteiger partial charge in [-0.05, 0) is 0 Å². The van der Waals surface area contributed by atoms with E-state index in [1.165, 1.54) is 0 Å². The molecule has 0 spiro atoms. The monoisotopic (exact) mass is 254 g/mol. The number of hydrogen-bond acceptors (Lipinski definition) is 5. The number of halogens is 3. The molecule has 0 saturated heterocycles. The van der Waals surface area contributed by atoms with Crippen molar-refractivity contribution in [2.24, 2.45) is 0 Å². The standard InChI is InChI=1S/C8H13F3N4S/c1-5(2)12-3-4-13-7-14-6(15-16-7)8(9,10)11/h5,12H,3-4H2,1-2H3,(H,13,14,15). The molecule has 0 unspecified atom stereocenters. The molecule has 1 aromatic heterocycles. The number of alkyl halides is 3. The van der Waals surface area contributed by atoms with Gasteiger partial charge in [0.05, 0.1) is 0 Å². The first-order valence-corrected chi connectivity index (χ1v) is 5.55. The summed E-state index contributed by atoms with van der Waals surface area (Å²) in [5, 5.41) is 6.09. The molecule has 0 saturated carbocycles. The second-order valence-corrected chi connectivity index (χ2v) is 4.21. The van der Waals surface area contributed by atoms with Crippen LogP contribution < -0.4 is 10.6 Å². The predicted molar refractivity (Wildman–Crippen MR) is 56.5 cm³/mol. The van der Waals surface area contributed by atoms with E-state index in [9.17, 15) is 13.2 Å². The minimum absolute atomic E-state index is 0.192. The molecule has 0 aliphatic carbocycles. The highest BCUT2D eigenvalue weighted by Crippen LogP contribution is 2.28. The third kappa shape index (κ3) is 4.31. The molecule has 0 aliphatic heterocycles. The van der Waals surface area contributed by atoms with Crippen LogP contribution in [0, 0.1) is 0 Å². The Hall–Kier alpha value is -0.890. The molecule has 2 N–H and O–H groups in total. The first kappa shape index (κ1) is 13.2. The summed E-state index contributed by atoms with van der Waals surface area (Å²) in [5.74, 6) is -1.09. The van der Waals surface area contributed by atoms with Gasteiger partial charge in [-0.2, -0.15) is 22.5 Å². The van der Waals surface area contributed by atoms with Gasteiger partial charge >= 0.3 is 6.18 Å². The van der Waals surface area contributed by atoms with Gasteiger partial charge in [0.2, 0.25) is 11.0 Å². The molecule has 92 valence electrons. The van der Waals surface area contributed by atoms with Gasteiger partial charge in [0, 0.05) is 30.7 Å². The molecule has 1 rings (SSSR count). The van der Waals surface area contributed by atoms with Crippen molar-refractivity contribution < 1.29 is 13.2 Å². The zero-order valence-corrected chi connectivity index (χ0v) is 9.74. The second-order valence-electron chi connectivity index (χ2n) is 3.46. The first-order valence-electron chi connectivity index (χ1n) is 4.77. The van der Waals surface area contributed by atoms with Crippen molar-refractivity contribution in [3.8, 4) is 0 Å². The lowest BCUT2D eigenvalue weighted by Gasteiger charge is -2.07. The van der Waals surface area contributed by atoms with Crippen molar-refractivity contribution in [2.75, 3.05) is 18.4 Å². The van der Waals surface area contributed by atoms with Crippen LogP contribution in [0.4, 0.5) is 18.3 Å². The Balaban J connectivity index is 2.36. The zero-order chi connectivity index (χ0) is 12.2. The van der Waals surface area contributed by atoms with Crippen molar-refractivity contribution in [2.45, 2.75) is 26.1 Å². The van der Waals surface area contributed by atoms with Gasteiger partial charge in [-0.1, -0.05) is 13.8 Å². The molecule has 16 heavy (non-hydrogen) atoms. The van der Waals surface area contributed by atoms with Crippen molar-refractivity contribution in [1.29, 1.82) is 0 Å². The summed E-state index contributed by atoms with van der Waals surface area (Å²) in [4.78, 5) is 3.34. The average Bonchev–Trinajstić information content (AvgIpc) is 2.59. The minimum atomic E-state index is -4.47. The number of rotatable bonds is 5. The van der Waals surface area contributed by atoms with Crippen LogP contribution in [0.15, 0.2) is 0 Å². The van der Waals surface area contributed by atoms with Crippen LogP contribution in [0.3, 0.4) is 0 Å². The lowest BCUT2D eigenvalue weighted by molar-refractivity contribution is -0.144. The fourth-order valence-corrected chi connectivity index (χ4v) is 1.55. The van der Waals surface area contributed by atoms with Crippen LogP contribution >= 0.6 is 11.5 Å². The highest BCUT2D eigenvalue weighted by atomic mass is 32.1. The predicted octanol–water partition coefficient (Wildman–Crippen LogP) is 1.97. The maximum atomic E-state index is 12.1. The van der Waals surface area contributed by atoms with Gasteiger partial charge in [0.15, 0.2) is 0 Å². The topological polar surface area (TPSA) is 49.8 Å². The van der Waals surface area contributed by atoms with Gasteiger partial charge in [0.1, 0.15) is 0 Å². The van der Waals surface area contributed by atoms with Crippen molar-refractivity contribution in [3.63, 3.8) is 0 Å². The Morgan fingerprint density at radius 1 is 1.31 bits per heavy atom. The minimum Gasteiger partial charge on any atom is -0.359 e. The summed E-state index contributed by atoms with van der Waals surface area (Å²) < 4.78 is 39.6. The largest absolute Gasteiger partial charge is 0.452 e. The molecule has 0 atom stereocenters. The fourth-order valence-electron chi connectivity index (χ4n) is 0.941. The quantitative estimate of drug-likeness (QED) is 0.789. The highest BCUT2D eigenvalue weighted by Gasteiger charge is 2.35. The van der Waals surface area contributed by atoms with Crippen LogP contribution in [0.2, 0.25) is 0 Å². The van der Waals surface area contributed by atoms with Crippen LogP contribution in [0.1, 0.15) is 19.7 Å². The van der Waals surface area contributed by atoms with E-state index in [-0.39, 0.29) is 5.13 Å². The normalized spacial score (nSPS) is 12.1. The van der Waals surface area contributed by atoms with Crippen molar-refractivity contribution in [1.82, 2.24) is 14.7 Å². The van der Waals surface area contributed by atoms with Gasteiger partial charge in [-0.25, -0.2) is 0 Å². The smallest absolute Gasteiger partial charge is 0.359 e. The zero-order valence-electron chi connectivity index (χ0n) is 8.93. The molecular weight excluding hydrogens is 241 g/mol. The van der Waals surface area contributed by atoms with Crippen LogP contribution in [0.5, 0.6) is 0 Å². The Morgan fingerprint density at radius 2 is 2.00 bits per heavy atom. The molecule has 0 bridgehead atoms. The number of hydrogen-bond donors (Lipinski definition) is 2. The maximum absolute atomic E-state index is 12.1. The Labute approximate surface area is 95.4 Å². The fraction of sp³-hybridized carbons (Fsp3) is 0.750. The molecule has 1 heterocycles. The van der Waals surface area contributed by atoms with Gasteiger partial charge in [-0.3, -0.25) is 0 Å². The van der Waals surface area contributed by atoms with Crippen LogP contribution in [-0.4, -0.2) is 28.5 Å². The summed E-state index contributed by atoms with van der Waals surface area (Å²) in [6.07, 6.45) is -4.47.